The lowest BCUT2D eigenvalue weighted by Crippen LogP contribution is -2.45. The Hall–Kier alpha value is -3.67. The number of allylic oxidation sites excluding steroid dienone is 1. The number of hydrogen-bond acceptors (Lipinski definition) is 9. The van der Waals surface area contributed by atoms with Crippen molar-refractivity contribution in [2.24, 2.45) is 5.10 Å². The molecule has 0 bridgehead atoms. The number of rotatable bonds is 12. The normalized spacial score (nSPS) is 15.9. The number of nitrogens with one attached hydrogen (secondary N) is 3. The van der Waals surface area contributed by atoms with E-state index in [0.717, 1.165) is 0 Å². The maximum atomic E-state index is 12.4. The molecule has 0 radical (unpaired) electrons. The van der Waals surface area contributed by atoms with Crippen LogP contribution in [0.1, 0.15) is 37.9 Å². The van der Waals surface area contributed by atoms with E-state index < -0.39 is 24.3 Å². The van der Waals surface area contributed by atoms with Gasteiger partial charge in [0.2, 0.25) is 0 Å². The minimum Gasteiger partial charge on any atom is -0.491 e. The van der Waals surface area contributed by atoms with E-state index in [1.165, 1.54) is 13.3 Å². The van der Waals surface area contributed by atoms with Gasteiger partial charge in [-0.2, -0.15) is 5.10 Å². The summed E-state index contributed by atoms with van der Waals surface area (Å²) in [6.07, 6.45) is 0.281. The van der Waals surface area contributed by atoms with Crippen LogP contribution in [-0.2, 0) is 9.53 Å². The zero-order chi connectivity index (χ0) is 28.5. The highest BCUT2D eigenvalue weighted by atomic mass is 35.5. The smallest absolute Gasteiger partial charge is 0.337 e. The van der Waals surface area contributed by atoms with Crippen LogP contribution in [0.3, 0.4) is 0 Å². The maximum absolute atomic E-state index is 12.4. The fourth-order valence-electron chi connectivity index (χ4n) is 3.76. The SMILES string of the molecule is CCOc1cc([C@@H]2NC(=O)NC(C)=C2C(=O)OC)ccc1OC[C@H](O)N/N=C\c1cc(Cl)c(OCC)c(Cl)c1. The Kier molecular flexibility index (Phi) is 10.7. The molecule has 1 heterocycles. The lowest BCUT2D eigenvalue weighted by molar-refractivity contribution is -0.136. The summed E-state index contributed by atoms with van der Waals surface area (Å²) in [4.78, 5) is 24.5. The predicted octanol–water partition coefficient (Wildman–Crippen LogP) is 3.91. The van der Waals surface area contributed by atoms with E-state index in [-0.39, 0.29) is 12.2 Å². The number of ether oxygens (including phenoxy) is 4. The van der Waals surface area contributed by atoms with Crippen LogP contribution in [-0.4, -0.2) is 56.5 Å². The van der Waals surface area contributed by atoms with E-state index in [1.807, 2.05) is 6.92 Å². The van der Waals surface area contributed by atoms with E-state index in [1.54, 1.807) is 44.2 Å². The van der Waals surface area contributed by atoms with E-state index in [4.69, 9.17) is 42.1 Å². The van der Waals surface area contributed by atoms with Crippen LogP contribution < -0.4 is 30.3 Å². The van der Waals surface area contributed by atoms with Gasteiger partial charge in [-0.1, -0.05) is 29.3 Å². The van der Waals surface area contributed by atoms with Crippen molar-refractivity contribution in [2.75, 3.05) is 26.9 Å². The lowest BCUT2D eigenvalue weighted by atomic mass is 9.95. The number of aliphatic hydroxyl groups is 1. The summed E-state index contributed by atoms with van der Waals surface area (Å²) in [6.45, 7) is 5.84. The number of urea groups is 1. The molecule has 1 aliphatic rings. The summed E-state index contributed by atoms with van der Waals surface area (Å²) in [7, 11) is 1.27. The molecule has 0 saturated carbocycles. The van der Waals surface area contributed by atoms with Gasteiger partial charge in [0.05, 0.1) is 48.2 Å². The summed E-state index contributed by atoms with van der Waals surface area (Å²) in [6, 6.07) is 7.02. The van der Waals surface area contributed by atoms with E-state index in [0.29, 0.717) is 57.3 Å². The van der Waals surface area contributed by atoms with Crippen molar-refractivity contribution in [1.29, 1.82) is 0 Å². The van der Waals surface area contributed by atoms with Crippen molar-refractivity contribution in [1.82, 2.24) is 16.1 Å². The van der Waals surface area contributed by atoms with Gasteiger partial charge in [-0.15, -0.1) is 0 Å². The molecule has 39 heavy (non-hydrogen) atoms. The molecule has 1 aliphatic heterocycles. The summed E-state index contributed by atoms with van der Waals surface area (Å²) in [5.74, 6) is 0.522. The van der Waals surface area contributed by atoms with Crippen LogP contribution in [0.5, 0.6) is 17.2 Å². The summed E-state index contributed by atoms with van der Waals surface area (Å²) in [5, 5.41) is 20.3. The van der Waals surface area contributed by atoms with E-state index in [9.17, 15) is 14.7 Å². The van der Waals surface area contributed by atoms with Gasteiger partial charge in [0.15, 0.2) is 23.5 Å². The minimum atomic E-state index is -1.16. The van der Waals surface area contributed by atoms with Crippen molar-refractivity contribution in [2.45, 2.75) is 33.0 Å². The second-order valence-electron chi connectivity index (χ2n) is 8.16. The first kappa shape index (κ1) is 29.9. The highest BCUT2D eigenvalue weighted by Gasteiger charge is 2.32. The van der Waals surface area contributed by atoms with Crippen molar-refractivity contribution in [3.63, 3.8) is 0 Å². The molecule has 0 unspecified atom stereocenters. The summed E-state index contributed by atoms with van der Waals surface area (Å²) >= 11 is 12.4. The van der Waals surface area contributed by atoms with Gasteiger partial charge < -0.3 is 34.7 Å². The van der Waals surface area contributed by atoms with Gasteiger partial charge in [-0.3, -0.25) is 5.43 Å². The van der Waals surface area contributed by atoms with Gasteiger partial charge in [-0.05, 0) is 56.2 Å². The van der Waals surface area contributed by atoms with Crippen LogP contribution in [0.15, 0.2) is 46.7 Å². The maximum Gasteiger partial charge on any atom is 0.337 e. The van der Waals surface area contributed by atoms with Crippen LogP contribution >= 0.6 is 23.2 Å². The Bertz CT molecular complexity index is 1250. The number of aliphatic hydroxyl groups excluding tert-OH is 1. The third-order valence-corrected chi connectivity index (χ3v) is 5.98. The molecule has 2 amide bonds. The Morgan fingerprint density at radius 3 is 2.46 bits per heavy atom. The average Bonchev–Trinajstić information content (AvgIpc) is 2.89. The van der Waals surface area contributed by atoms with Gasteiger partial charge in [0.25, 0.3) is 0 Å². The predicted molar refractivity (Wildman–Crippen MR) is 147 cm³/mol. The molecular formula is C26H30Cl2N4O7. The van der Waals surface area contributed by atoms with Gasteiger partial charge in [0, 0.05) is 5.70 Å². The molecule has 0 aromatic heterocycles. The van der Waals surface area contributed by atoms with Crippen molar-refractivity contribution < 1.29 is 33.6 Å². The van der Waals surface area contributed by atoms with Crippen LogP contribution in [0, 0.1) is 0 Å². The van der Waals surface area contributed by atoms with E-state index in [2.05, 4.69) is 21.2 Å². The first-order chi connectivity index (χ1) is 18.7. The Labute approximate surface area is 236 Å². The standard InChI is InChI=1S/C26H30Cl2N4O7/c1-5-37-20-11-16(23-22(25(34)36-4)14(3)30-26(35)31-23)7-8-19(20)39-13-21(33)32-29-12-15-9-17(27)24(38-6-2)18(28)10-15/h7-12,21,23,32-33H,5-6,13H2,1-4H3,(H2,30,31,35)/b29-12-/t21-,23-/m0/s1. The van der Waals surface area contributed by atoms with Crippen molar-refractivity contribution in [3.05, 3.63) is 62.8 Å². The lowest BCUT2D eigenvalue weighted by Gasteiger charge is -2.28. The molecule has 3 rings (SSSR count). The summed E-state index contributed by atoms with van der Waals surface area (Å²) in [5.41, 5.74) is 4.39. The molecule has 0 spiro atoms. The molecule has 0 aliphatic carbocycles. The molecule has 4 N–H and O–H groups in total. The quantitative estimate of drug-likeness (QED) is 0.128. The average molecular weight is 581 g/mol. The number of esters is 1. The zero-order valence-corrected chi connectivity index (χ0v) is 23.4. The van der Waals surface area contributed by atoms with Gasteiger partial charge >= 0.3 is 12.0 Å². The largest absolute Gasteiger partial charge is 0.491 e. The fourth-order valence-corrected chi connectivity index (χ4v) is 4.37. The second-order valence-corrected chi connectivity index (χ2v) is 8.98. The third kappa shape index (κ3) is 7.69. The molecule has 210 valence electrons. The molecule has 2 aromatic carbocycles. The summed E-state index contributed by atoms with van der Waals surface area (Å²) < 4.78 is 21.7. The van der Waals surface area contributed by atoms with Crippen LogP contribution in [0.25, 0.3) is 0 Å². The Morgan fingerprint density at radius 1 is 1.13 bits per heavy atom. The molecule has 0 fully saturated rings. The minimum absolute atomic E-state index is 0.169. The van der Waals surface area contributed by atoms with E-state index >= 15 is 0 Å². The molecule has 11 nitrogen and oxygen atoms in total. The number of hydrazone groups is 1. The third-order valence-electron chi connectivity index (χ3n) is 5.42. The monoisotopic (exact) mass is 580 g/mol. The molecule has 2 atom stereocenters. The molecule has 0 saturated heterocycles. The second kappa shape index (κ2) is 13.9. The number of amides is 2. The molecule has 2 aromatic rings. The number of halogens is 2. The van der Waals surface area contributed by atoms with Crippen molar-refractivity contribution >= 4 is 41.4 Å². The number of carbonyl (C=O) groups excluding carboxylic acids is 2. The first-order valence-electron chi connectivity index (χ1n) is 12.0. The van der Waals surface area contributed by atoms with Gasteiger partial charge in [0.1, 0.15) is 6.61 Å². The van der Waals surface area contributed by atoms with Crippen LogP contribution in [0.4, 0.5) is 4.79 Å². The number of hydrogen-bond donors (Lipinski definition) is 4. The topological polar surface area (TPSA) is 140 Å². The number of methoxy groups -OCH3 is 1. The highest BCUT2D eigenvalue weighted by Crippen LogP contribution is 2.35. The van der Waals surface area contributed by atoms with Crippen molar-refractivity contribution in [3.8, 4) is 17.2 Å². The Balaban J connectivity index is 1.69. The fraction of sp³-hybridized carbons (Fsp3) is 0.346. The highest BCUT2D eigenvalue weighted by molar-refractivity contribution is 6.37. The molecular weight excluding hydrogens is 551 g/mol. The van der Waals surface area contributed by atoms with Crippen LogP contribution in [0.2, 0.25) is 10.0 Å². The number of nitrogens with zero attached hydrogens (tertiary/aromatic N) is 1. The number of benzene rings is 2. The first-order valence-corrected chi connectivity index (χ1v) is 12.8. The zero-order valence-electron chi connectivity index (χ0n) is 21.8. The molecule has 13 heteroatoms. The Morgan fingerprint density at radius 2 is 1.82 bits per heavy atom. The van der Waals surface area contributed by atoms with Gasteiger partial charge in [-0.25, -0.2) is 9.59 Å². The number of carbonyl (C=O) groups is 2.